The number of piperidine rings is 2. The van der Waals surface area contributed by atoms with Crippen LogP contribution in [0.5, 0.6) is 0 Å². The summed E-state index contributed by atoms with van der Waals surface area (Å²) in [6, 6.07) is 0.725. The van der Waals surface area contributed by atoms with Gasteiger partial charge in [0.2, 0.25) is 5.91 Å². The van der Waals surface area contributed by atoms with E-state index in [2.05, 4.69) is 16.7 Å². The van der Waals surface area contributed by atoms with Gasteiger partial charge in [-0.15, -0.1) is 24.8 Å². The van der Waals surface area contributed by atoms with Crippen molar-refractivity contribution in [2.24, 2.45) is 17.1 Å². The van der Waals surface area contributed by atoms with E-state index in [0.29, 0.717) is 24.8 Å². The second kappa shape index (κ2) is 11.8. The lowest BCUT2D eigenvalue weighted by atomic mass is 9.71. The molecule has 0 radical (unpaired) electrons. The lowest BCUT2D eigenvalue weighted by molar-refractivity contribution is -0.136. The fourth-order valence-corrected chi connectivity index (χ4v) is 5.39. The van der Waals surface area contributed by atoms with E-state index in [9.17, 15) is 4.79 Å². The highest BCUT2D eigenvalue weighted by Crippen LogP contribution is 2.39. The first kappa shape index (κ1) is 25.0. The number of rotatable bonds is 5. The van der Waals surface area contributed by atoms with E-state index in [1.54, 1.807) is 0 Å². The van der Waals surface area contributed by atoms with Gasteiger partial charge in [0.1, 0.15) is 0 Å². The maximum Gasteiger partial charge on any atom is 0.223 e. The molecule has 2 unspecified atom stereocenters. The normalized spacial score (nSPS) is 28.7. The third-order valence-electron chi connectivity index (χ3n) is 7.18. The molecule has 160 valence electrons. The highest BCUT2D eigenvalue weighted by molar-refractivity contribution is 5.85. The minimum atomic E-state index is 0. The first-order valence-electron chi connectivity index (χ1n) is 10.8. The third kappa shape index (κ3) is 6.76. The van der Waals surface area contributed by atoms with Crippen molar-refractivity contribution < 1.29 is 4.79 Å². The Hall–Kier alpha value is -0.0300. The Labute approximate surface area is 178 Å². The maximum absolute atomic E-state index is 13.0. The molecule has 0 aromatic heterocycles. The van der Waals surface area contributed by atoms with E-state index >= 15 is 0 Å². The molecule has 1 aliphatic carbocycles. The number of carbonyl (C=O) groups is 1. The van der Waals surface area contributed by atoms with Gasteiger partial charge in [-0.3, -0.25) is 4.79 Å². The molecule has 3 fully saturated rings. The molecule has 27 heavy (non-hydrogen) atoms. The molecule has 0 bridgehead atoms. The van der Waals surface area contributed by atoms with E-state index < -0.39 is 0 Å². The Balaban J connectivity index is 0.00000182. The van der Waals surface area contributed by atoms with Crippen LogP contribution in [0, 0.1) is 11.3 Å². The van der Waals surface area contributed by atoms with Crippen LogP contribution in [0.15, 0.2) is 0 Å². The van der Waals surface area contributed by atoms with E-state index in [1.165, 1.54) is 64.5 Å². The zero-order valence-electron chi connectivity index (χ0n) is 17.2. The predicted molar refractivity (Wildman–Crippen MR) is 118 cm³/mol. The fourth-order valence-electron chi connectivity index (χ4n) is 5.39. The summed E-state index contributed by atoms with van der Waals surface area (Å²) in [6.07, 6.45) is 13.3. The second-order valence-electron chi connectivity index (χ2n) is 9.13. The summed E-state index contributed by atoms with van der Waals surface area (Å²) >= 11 is 0. The molecule has 1 amide bonds. The van der Waals surface area contributed by atoms with Crippen molar-refractivity contribution in [1.82, 2.24) is 9.80 Å². The molecule has 0 spiro atoms. The summed E-state index contributed by atoms with van der Waals surface area (Å²) in [7, 11) is 0. The zero-order chi connectivity index (χ0) is 17.7. The second-order valence-corrected chi connectivity index (χ2v) is 9.13. The average molecular weight is 422 g/mol. The minimum absolute atomic E-state index is 0. The van der Waals surface area contributed by atoms with Crippen LogP contribution in [0.3, 0.4) is 0 Å². The number of halogens is 2. The average Bonchev–Trinajstić information content (AvgIpc) is 2.64. The molecule has 3 rings (SSSR count). The highest BCUT2D eigenvalue weighted by Gasteiger charge is 2.35. The van der Waals surface area contributed by atoms with Crippen molar-refractivity contribution in [3.8, 4) is 0 Å². The predicted octanol–water partition coefficient (Wildman–Crippen LogP) is 4.24. The molecule has 2 saturated heterocycles. The third-order valence-corrected chi connectivity index (χ3v) is 7.18. The first-order chi connectivity index (χ1) is 12.1. The summed E-state index contributed by atoms with van der Waals surface area (Å²) in [5.41, 5.74) is 6.21. The van der Waals surface area contributed by atoms with E-state index in [-0.39, 0.29) is 30.2 Å². The van der Waals surface area contributed by atoms with Gasteiger partial charge in [0.25, 0.3) is 0 Å². The number of hydrogen-bond acceptors (Lipinski definition) is 3. The van der Waals surface area contributed by atoms with Gasteiger partial charge in [-0.2, -0.15) is 0 Å². The highest BCUT2D eigenvalue weighted by atomic mass is 35.5. The van der Waals surface area contributed by atoms with Gasteiger partial charge in [-0.05, 0) is 69.9 Å². The smallest absolute Gasteiger partial charge is 0.223 e. The largest absolute Gasteiger partial charge is 0.342 e. The molecule has 2 heterocycles. The van der Waals surface area contributed by atoms with Crippen molar-refractivity contribution >= 4 is 30.7 Å². The van der Waals surface area contributed by atoms with Crippen LogP contribution in [0.1, 0.15) is 77.6 Å². The van der Waals surface area contributed by atoms with Gasteiger partial charge >= 0.3 is 0 Å². The molecule has 4 nitrogen and oxygen atoms in total. The SMILES string of the molecule is CC1CCCCN1CC1CCCN(C(=O)CC2(CN)CCCCC2)C1.Cl.Cl. The Kier molecular flexibility index (Phi) is 11.0. The van der Waals surface area contributed by atoms with Crippen LogP contribution >= 0.6 is 24.8 Å². The summed E-state index contributed by atoms with van der Waals surface area (Å²) in [5, 5.41) is 0. The van der Waals surface area contributed by atoms with E-state index in [1.807, 2.05) is 0 Å². The molecule has 1 saturated carbocycles. The Morgan fingerprint density at radius 2 is 1.74 bits per heavy atom. The van der Waals surface area contributed by atoms with Crippen LogP contribution in [0.4, 0.5) is 0 Å². The van der Waals surface area contributed by atoms with E-state index in [4.69, 9.17) is 5.73 Å². The van der Waals surface area contributed by atoms with Crippen molar-refractivity contribution in [3.63, 3.8) is 0 Å². The van der Waals surface area contributed by atoms with Gasteiger partial charge in [-0.25, -0.2) is 0 Å². The summed E-state index contributed by atoms with van der Waals surface area (Å²) in [5.74, 6) is 1.04. The molecule has 0 aromatic rings. The fraction of sp³-hybridized carbons (Fsp3) is 0.952. The summed E-state index contributed by atoms with van der Waals surface area (Å²) in [6.45, 7) is 7.43. The number of likely N-dealkylation sites (tertiary alicyclic amines) is 2. The monoisotopic (exact) mass is 421 g/mol. The number of nitrogens with two attached hydrogens (primary N) is 1. The molecule has 6 heteroatoms. The lowest BCUT2D eigenvalue weighted by Gasteiger charge is -2.41. The molecule has 2 atom stereocenters. The Morgan fingerprint density at radius 1 is 1.00 bits per heavy atom. The van der Waals surface area contributed by atoms with Crippen LogP contribution in [0.2, 0.25) is 0 Å². The number of carbonyl (C=O) groups excluding carboxylic acids is 1. The standard InChI is InChI=1S/C21H39N3O.2ClH/c1-18-8-3-6-12-23(18)15-19-9-7-13-24(16-19)20(25)14-21(17-22)10-4-2-5-11-21;;/h18-19H,2-17,22H2,1H3;2*1H. The number of hydrogen-bond donors (Lipinski definition) is 1. The van der Waals surface area contributed by atoms with Crippen LogP contribution in [-0.2, 0) is 4.79 Å². The van der Waals surface area contributed by atoms with Crippen molar-refractivity contribution in [3.05, 3.63) is 0 Å². The maximum atomic E-state index is 13.0. The van der Waals surface area contributed by atoms with E-state index in [0.717, 1.165) is 32.0 Å². The van der Waals surface area contributed by atoms with Gasteiger partial charge in [-0.1, -0.05) is 25.7 Å². The molecule has 2 aliphatic heterocycles. The minimum Gasteiger partial charge on any atom is -0.342 e. The molecule has 2 N–H and O–H groups in total. The molecular formula is C21H41Cl2N3O. The lowest BCUT2D eigenvalue weighted by Crippen LogP contribution is -2.48. The van der Waals surface area contributed by atoms with Crippen LogP contribution in [-0.4, -0.2) is 54.5 Å². The Morgan fingerprint density at radius 3 is 2.41 bits per heavy atom. The van der Waals surface area contributed by atoms with Crippen molar-refractivity contribution in [2.75, 3.05) is 32.7 Å². The van der Waals surface area contributed by atoms with Crippen LogP contribution in [0.25, 0.3) is 0 Å². The zero-order valence-corrected chi connectivity index (χ0v) is 18.8. The van der Waals surface area contributed by atoms with Gasteiger partial charge < -0.3 is 15.5 Å². The van der Waals surface area contributed by atoms with Crippen molar-refractivity contribution in [2.45, 2.75) is 83.6 Å². The topological polar surface area (TPSA) is 49.6 Å². The number of amides is 1. The molecule has 0 aromatic carbocycles. The van der Waals surface area contributed by atoms with Gasteiger partial charge in [0.05, 0.1) is 0 Å². The van der Waals surface area contributed by atoms with Crippen LogP contribution < -0.4 is 5.73 Å². The first-order valence-corrected chi connectivity index (χ1v) is 10.8. The quantitative estimate of drug-likeness (QED) is 0.721. The van der Waals surface area contributed by atoms with Gasteiger partial charge in [0.15, 0.2) is 0 Å². The Bertz CT molecular complexity index is 443. The molecule has 3 aliphatic rings. The summed E-state index contributed by atoms with van der Waals surface area (Å²) < 4.78 is 0. The summed E-state index contributed by atoms with van der Waals surface area (Å²) in [4.78, 5) is 17.8. The van der Waals surface area contributed by atoms with Gasteiger partial charge in [0, 0.05) is 32.1 Å². The number of nitrogens with zero attached hydrogens (tertiary/aromatic N) is 2. The molecular weight excluding hydrogens is 381 g/mol. The van der Waals surface area contributed by atoms with Crippen molar-refractivity contribution in [1.29, 1.82) is 0 Å².